The standard InChI is InChI=1S/C22H19FN4O2S/c1-3-17-4-6-18(7-5-17)14-27(20-10-8-19(23)9-11-20)30(28,29)21-12-13-22-25-24-16(2)26(22)15-21/h3-13,15H,1,14H2,2H3. The quantitative estimate of drug-likeness (QED) is 0.467. The lowest BCUT2D eigenvalue weighted by Crippen LogP contribution is -2.30. The highest BCUT2D eigenvalue weighted by Gasteiger charge is 2.26. The van der Waals surface area contributed by atoms with Crippen LogP contribution in [0.2, 0.25) is 0 Å². The third-order valence-corrected chi connectivity index (χ3v) is 6.55. The summed E-state index contributed by atoms with van der Waals surface area (Å²) in [5, 5.41) is 7.96. The fraction of sp³-hybridized carbons (Fsp3) is 0.0909. The number of aromatic nitrogens is 3. The Morgan fingerprint density at radius 2 is 1.73 bits per heavy atom. The van der Waals surface area contributed by atoms with Crippen LogP contribution < -0.4 is 4.31 Å². The van der Waals surface area contributed by atoms with Crippen molar-refractivity contribution < 1.29 is 12.8 Å². The first kappa shape index (κ1) is 19.8. The number of rotatable bonds is 6. The summed E-state index contributed by atoms with van der Waals surface area (Å²) in [7, 11) is -3.95. The molecule has 0 N–H and O–H groups in total. The molecule has 30 heavy (non-hydrogen) atoms. The molecule has 0 fully saturated rings. The van der Waals surface area contributed by atoms with E-state index in [0.29, 0.717) is 17.2 Å². The number of pyridine rings is 1. The van der Waals surface area contributed by atoms with Gasteiger partial charge in [0.05, 0.1) is 12.2 Å². The molecule has 4 rings (SSSR count). The second-order valence-electron chi connectivity index (χ2n) is 6.77. The molecule has 0 saturated heterocycles. The highest BCUT2D eigenvalue weighted by atomic mass is 32.2. The summed E-state index contributed by atoms with van der Waals surface area (Å²) >= 11 is 0. The van der Waals surface area contributed by atoms with Gasteiger partial charge in [0.2, 0.25) is 0 Å². The largest absolute Gasteiger partial charge is 0.285 e. The van der Waals surface area contributed by atoms with E-state index < -0.39 is 15.8 Å². The molecule has 2 heterocycles. The molecule has 0 amide bonds. The number of aryl methyl sites for hydroxylation is 1. The predicted octanol–water partition coefficient (Wildman–Crippen LogP) is 4.22. The van der Waals surface area contributed by atoms with Crippen LogP contribution in [-0.4, -0.2) is 23.0 Å². The van der Waals surface area contributed by atoms with E-state index in [2.05, 4.69) is 16.8 Å². The first-order valence-corrected chi connectivity index (χ1v) is 10.6. The van der Waals surface area contributed by atoms with E-state index >= 15 is 0 Å². The number of nitrogens with zero attached hydrogens (tertiary/aromatic N) is 4. The maximum Gasteiger partial charge on any atom is 0.266 e. The van der Waals surface area contributed by atoms with Crippen LogP contribution in [0.25, 0.3) is 11.7 Å². The van der Waals surface area contributed by atoms with Crippen LogP contribution in [0.1, 0.15) is 17.0 Å². The Kier molecular flexibility index (Phi) is 5.09. The van der Waals surface area contributed by atoms with Crippen LogP contribution in [0.15, 0.2) is 78.3 Å². The molecule has 152 valence electrons. The number of hydrogen-bond donors (Lipinski definition) is 0. The van der Waals surface area contributed by atoms with Gasteiger partial charge in [-0.1, -0.05) is 36.9 Å². The van der Waals surface area contributed by atoms with Crippen LogP contribution >= 0.6 is 0 Å². The zero-order chi connectivity index (χ0) is 21.3. The SMILES string of the molecule is C=Cc1ccc(CN(c2ccc(F)cc2)S(=O)(=O)c2ccc3nnc(C)n3c2)cc1. The van der Waals surface area contributed by atoms with E-state index in [9.17, 15) is 12.8 Å². The molecule has 4 aromatic rings. The van der Waals surface area contributed by atoms with Gasteiger partial charge in [-0.2, -0.15) is 0 Å². The fourth-order valence-electron chi connectivity index (χ4n) is 3.11. The first-order chi connectivity index (χ1) is 14.4. The van der Waals surface area contributed by atoms with Crippen LogP contribution in [0, 0.1) is 12.7 Å². The molecule has 0 aliphatic rings. The van der Waals surface area contributed by atoms with Crippen molar-refractivity contribution in [1.82, 2.24) is 14.6 Å². The summed E-state index contributed by atoms with van der Waals surface area (Å²) in [6.45, 7) is 5.56. The third kappa shape index (κ3) is 3.69. The third-order valence-electron chi connectivity index (χ3n) is 4.79. The lowest BCUT2D eigenvalue weighted by atomic mass is 10.1. The first-order valence-electron chi connectivity index (χ1n) is 9.19. The molecule has 8 heteroatoms. The van der Waals surface area contributed by atoms with E-state index in [1.807, 2.05) is 24.3 Å². The molecule has 0 atom stereocenters. The summed E-state index contributed by atoms with van der Waals surface area (Å²) < 4.78 is 43.5. The molecule has 0 spiro atoms. The van der Waals surface area contributed by atoms with Gasteiger partial charge in [0.15, 0.2) is 5.65 Å². The molecule has 0 aliphatic carbocycles. The predicted molar refractivity (Wildman–Crippen MR) is 114 cm³/mol. The number of sulfonamides is 1. The Labute approximate surface area is 174 Å². The van der Waals surface area contributed by atoms with Crippen LogP contribution in [0.4, 0.5) is 10.1 Å². The maximum absolute atomic E-state index is 13.6. The molecule has 6 nitrogen and oxygen atoms in total. The van der Waals surface area contributed by atoms with Crippen molar-refractivity contribution in [2.24, 2.45) is 0 Å². The highest BCUT2D eigenvalue weighted by Crippen LogP contribution is 2.27. The van der Waals surface area contributed by atoms with Crippen molar-refractivity contribution in [3.63, 3.8) is 0 Å². The van der Waals surface area contributed by atoms with Gasteiger partial charge in [-0.05, 0) is 54.4 Å². The minimum Gasteiger partial charge on any atom is -0.285 e. The molecule has 2 aromatic heterocycles. The summed E-state index contributed by atoms with van der Waals surface area (Å²) in [4.78, 5) is 0.0879. The van der Waals surface area contributed by atoms with Gasteiger partial charge < -0.3 is 0 Å². The number of anilines is 1. The Balaban J connectivity index is 1.80. The van der Waals surface area contributed by atoms with Gasteiger partial charge in [0, 0.05) is 6.20 Å². The Hall–Kier alpha value is -3.52. The monoisotopic (exact) mass is 422 g/mol. The van der Waals surface area contributed by atoms with E-state index in [-0.39, 0.29) is 11.4 Å². The van der Waals surface area contributed by atoms with Gasteiger partial charge in [0.25, 0.3) is 10.0 Å². The van der Waals surface area contributed by atoms with Gasteiger partial charge in [-0.3, -0.25) is 8.71 Å². The Morgan fingerprint density at radius 1 is 1.03 bits per heavy atom. The molecule has 0 saturated carbocycles. The molecular formula is C22H19FN4O2S. The smallest absolute Gasteiger partial charge is 0.266 e. The van der Waals surface area contributed by atoms with Crippen molar-refractivity contribution in [3.8, 4) is 0 Å². The summed E-state index contributed by atoms with van der Waals surface area (Å²) in [5.74, 6) is 0.142. The average molecular weight is 422 g/mol. The maximum atomic E-state index is 13.6. The van der Waals surface area contributed by atoms with Crippen LogP contribution in [0.3, 0.4) is 0 Å². The minimum atomic E-state index is -3.95. The molecular weight excluding hydrogens is 403 g/mol. The topological polar surface area (TPSA) is 67.6 Å². The molecule has 2 aromatic carbocycles. The lowest BCUT2D eigenvalue weighted by molar-refractivity contribution is 0.589. The number of hydrogen-bond acceptors (Lipinski definition) is 4. The van der Waals surface area contributed by atoms with Crippen LogP contribution in [0.5, 0.6) is 0 Å². The second-order valence-corrected chi connectivity index (χ2v) is 8.64. The van der Waals surface area contributed by atoms with Crippen molar-refractivity contribution in [2.75, 3.05) is 4.31 Å². The van der Waals surface area contributed by atoms with E-state index in [1.165, 1.54) is 40.8 Å². The van der Waals surface area contributed by atoms with Crippen molar-refractivity contribution >= 4 is 27.4 Å². The fourth-order valence-corrected chi connectivity index (χ4v) is 4.56. The van der Waals surface area contributed by atoms with E-state index in [4.69, 9.17) is 0 Å². The van der Waals surface area contributed by atoms with Gasteiger partial charge >= 0.3 is 0 Å². The van der Waals surface area contributed by atoms with Crippen molar-refractivity contribution in [1.29, 1.82) is 0 Å². The molecule has 0 bridgehead atoms. The summed E-state index contributed by atoms with van der Waals surface area (Å²) in [5.41, 5.74) is 2.64. The number of halogens is 1. The molecule has 0 radical (unpaired) electrons. The van der Waals surface area contributed by atoms with E-state index in [1.54, 1.807) is 23.5 Å². The summed E-state index contributed by atoms with van der Waals surface area (Å²) in [6, 6.07) is 15.9. The van der Waals surface area contributed by atoms with Crippen molar-refractivity contribution in [3.05, 3.63) is 96.2 Å². The van der Waals surface area contributed by atoms with Gasteiger partial charge in [0.1, 0.15) is 16.5 Å². The van der Waals surface area contributed by atoms with Crippen molar-refractivity contribution in [2.45, 2.75) is 18.4 Å². The lowest BCUT2D eigenvalue weighted by Gasteiger charge is -2.25. The second kappa shape index (κ2) is 7.72. The van der Waals surface area contributed by atoms with Gasteiger partial charge in [-0.15, -0.1) is 10.2 Å². The normalized spacial score (nSPS) is 11.5. The minimum absolute atomic E-state index is 0.0879. The number of fused-ring (bicyclic) bond motifs is 1. The average Bonchev–Trinajstić information content (AvgIpc) is 3.13. The number of benzene rings is 2. The summed E-state index contributed by atoms with van der Waals surface area (Å²) in [6.07, 6.45) is 3.21. The van der Waals surface area contributed by atoms with Crippen LogP contribution in [-0.2, 0) is 16.6 Å². The molecule has 0 unspecified atom stereocenters. The van der Waals surface area contributed by atoms with Gasteiger partial charge in [-0.25, -0.2) is 12.8 Å². The zero-order valence-corrected chi connectivity index (χ0v) is 17.1. The van der Waals surface area contributed by atoms with E-state index in [0.717, 1.165) is 11.1 Å². The molecule has 0 aliphatic heterocycles. The zero-order valence-electron chi connectivity index (χ0n) is 16.2. The highest BCUT2D eigenvalue weighted by molar-refractivity contribution is 7.92. The Morgan fingerprint density at radius 3 is 2.40 bits per heavy atom. The Bertz CT molecular complexity index is 1310.